The van der Waals surface area contributed by atoms with Crippen molar-refractivity contribution in [3.05, 3.63) is 16.7 Å². The maximum Gasteiger partial charge on any atom is 0.238 e. The van der Waals surface area contributed by atoms with E-state index in [0.717, 1.165) is 4.60 Å². The highest BCUT2D eigenvalue weighted by atomic mass is 79.9. The van der Waals surface area contributed by atoms with E-state index in [-0.39, 0.29) is 6.10 Å². The Kier molecular flexibility index (Phi) is 2.37. The maximum absolute atomic E-state index is 5.67. The van der Waals surface area contributed by atoms with Crippen LogP contribution in [-0.2, 0) is 4.74 Å². The second kappa shape index (κ2) is 3.51. The number of hydrogen-bond donors (Lipinski definition) is 1. The molecule has 5 heteroatoms. The van der Waals surface area contributed by atoms with Crippen LogP contribution in [-0.4, -0.2) is 24.3 Å². The Morgan fingerprint density at radius 2 is 2.31 bits per heavy atom. The van der Waals surface area contributed by atoms with Gasteiger partial charge in [0.1, 0.15) is 10.7 Å². The largest absolute Gasteiger partial charge is 0.468 e. The average molecular weight is 245 g/mol. The van der Waals surface area contributed by atoms with E-state index in [2.05, 4.69) is 20.9 Å². The van der Waals surface area contributed by atoms with Crippen molar-refractivity contribution in [3.8, 4) is 5.88 Å². The van der Waals surface area contributed by atoms with Gasteiger partial charge >= 0.3 is 0 Å². The van der Waals surface area contributed by atoms with Crippen LogP contribution in [0.5, 0.6) is 5.88 Å². The van der Waals surface area contributed by atoms with Crippen molar-refractivity contribution in [2.45, 2.75) is 6.10 Å². The molecule has 1 aliphatic rings. The van der Waals surface area contributed by atoms with Gasteiger partial charge in [0.05, 0.1) is 18.9 Å². The van der Waals surface area contributed by atoms with Gasteiger partial charge in [0.2, 0.25) is 5.88 Å². The van der Waals surface area contributed by atoms with E-state index in [4.69, 9.17) is 15.2 Å². The number of halogens is 1. The first-order valence-electron chi connectivity index (χ1n) is 3.92. The minimum atomic E-state index is 0.101. The molecule has 0 spiro atoms. The van der Waals surface area contributed by atoms with Crippen LogP contribution in [0.15, 0.2) is 16.7 Å². The minimum absolute atomic E-state index is 0.101. The smallest absolute Gasteiger partial charge is 0.238 e. The van der Waals surface area contributed by atoms with Crippen molar-refractivity contribution in [2.75, 3.05) is 18.9 Å². The van der Waals surface area contributed by atoms with Crippen LogP contribution in [0.4, 0.5) is 5.69 Å². The van der Waals surface area contributed by atoms with Crippen LogP contribution < -0.4 is 10.5 Å². The highest BCUT2D eigenvalue weighted by Gasteiger charge is 2.21. The molecule has 2 rings (SSSR count). The van der Waals surface area contributed by atoms with Crippen LogP contribution in [0.1, 0.15) is 0 Å². The maximum atomic E-state index is 5.67. The van der Waals surface area contributed by atoms with Crippen LogP contribution in [0.3, 0.4) is 0 Å². The monoisotopic (exact) mass is 244 g/mol. The lowest BCUT2D eigenvalue weighted by molar-refractivity contribution is -0.0810. The first kappa shape index (κ1) is 8.77. The quantitative estimate of drug-likeness (QED) is 0.795. The Labute approximate surface area is 84.2 Å². The van der Waals surface area contributed by atoms with Gasteiger partial charge in [-0.15, -0.1) is 0 Å². The lowest BCUT2D eigenvalue weighted by Gasteiger charge is -2.26. The highest BCUT2D eigenvalue weighted by Crippen LogP contribution is 2.23. The summed E-state index contributed by atoms with van der Waals surface area (Å²) in [6.45, 7) is 1.24. The number of nitrogens with zero attached hydrogens (tertiary/aromatic N) is 1. The Morgan fingerprint density at radius 3 is 2.92 bits per heavy atom. The van der Waals surface area contributed by atoms with Gasteiger partial charge in [0.25, 0.3) is 0 Å². The molecular weight excluding hydrogens is 236 g/mol. The number of hydrogen-bond acceptors (Lipinski definition) is 4. The number of anilines is 1. The number of rotatable bonds is 2. The van der Waals surface area contributed by atoms with Crippen molar-refractivity contribution in [3.63, 3.8) is 0 Å². The molecule has 13 heavy (non-hydrogen) atoms. The Morgan fingerprint density at radius 1 is 1.54 bits per heavy atom. The van der Waals surface area contributed by atoms with E-state index in [1.54, 1.807) is 12.1 Å². The molecule has 0 atom stereocenters. The van der Waals surface area contributed by atoms with Gasteiger partial charge in [-0.2, -0.15) is 0 Å². The summed E-state index contributed by atoms with van der Waals surface area (Å²) in [4.78, 5) is 4.11. The topological polar surface area (TPSA) is 57.4 Å². The van der Waals surface area contributed by atoms with E-state index >= 15 is 0 Å². The van der Waals surface area contributed by atoms with E-state index < -0.39 is 0 Å². The fourth-order valence-electron chi connectivity index (χ4n) is 0.963. The predicted octanol–water partition coefficient (Wildman–Crippen LogP) is 1.20. The van der Waals surface area contributed by atoms with Crippen LogP contribution in [0, 0.1) is 0 Å². The highest BCUT2D eigenvalue weighted by molar-refractivity contribution is 9.10. The molecule has 1 aromatic heterocycles. The van der Waals surface area contributed by atoms with Gasteiger partial charge in [-0.1, -0.05) is 0 Å². The van der Waals surface area contributed by atoms with Gasteiger partial charge in [0, 0.05) is 0 Å². The summed E-state index contributed by atoms with van der Waals surface area (Å²) in [7, 11) is 0. The zero-order valence-corrected chi connectivity index (χ0v) is 8.45. The fraction of sp³-hybridized carbons (Fsp3) is 0.375. The Balaban J connectivity index is 2.13. The Bertz CT molecular complexity index is 315. The summed E-state index contributed by atoms with van der Waals surface area (Å²) < 4.78 is 11.2. The lowest BCUT2D eigenvalue weighted by atomic mass is 10.3. The summed E-state index contributed by atoms with van der Waals surface area (Å²) in [5.41, 5.74) is 6.22. The molecule has 0 radical (unpaired) electrons. The second-order valence-electron chi connectivity index (χ2n) is 2.81. The number of nitrogens with two attached hydrogens (primary N) is 1. The first-order chi connectivity index (χ1) is 6.25. The second-order valence-corrected chi connectivity index (χ2v) is 3.62. The Hall–Kier alpha value is -0.810. The molecule has 1 aliphatic heterocycles. The van der Waals surface area contributed by atoms with Crippen molar-refractivity contribution < 1.29 is 9.47 Å². The molecule has 0 aliphatic carbocycles. The molecule has 1 fully saturated rings. The molecule has 0 bridgehead atoms. The predicted molar refractivity (Wildman–Crippen MR) is 51.6 cm³/mol. The van der Waals surface area contributed by atoms with Crippen LogP contribution in [0.25, 0.3) is 0 Å². The van der Waals surface area contributed by atoms with Gasteiger partial charge in [-0.05, 0) is 28.1 Å². The van der Waals surface area contributed by atoms with Crippen molar-refractivity contribution in [1.82, 2.24) is 4.98 Å². The summed E-state index contributed by atoms with van der Waals surface area (Å²) in [6, 6.07) is 3.53. The number of aromatic nitrogens is 1. The molecule has 0 unspecified atom stereocenters. The number of nitrogen functional groups attached to an aromatic ring is 1. The molecule has 2 N–H and O–H groups in total. The van der Waals surface area contributed by atoms with E-state index in [1.807, 2.05) is 0 Å². The van der Waals surface area contributed by atoms with Crippen molar-refractivity contribution in [1.29, 1.82) is 0 Å². The minimum Gasteiger partial charge on any atom is -0.468 e. The van der Waals surface area contributed by atoms with E-state index in [9.17, 15) is 0 Å². The third-order valence-corrected chi connectivity index (χ3v) is 2.18. The van der Waals surface area contributed by atoms with Crippen molar-refractivity contribution in [2.24, 2.45) is 0 Å². The third kappa shape index (κ3) is 1.92. The average Bonchev–Trinajstić information content (AvgIpc) is 2.03. The van der Waals surface area contributed by atoms with Crippen LogP contribution in [0.2, 0.25) is 0 Å². The molecule has 0 saturated carbocycles. The van der Waals surface area contributed by atoms with Gasteiger partial charge in [-0.3, -0.25) is 0 Å². The standard InChI is InChI=1S/C8H9BrN2O2/c9-7-2-1-6(10)8(11-7)13-5-3-12-4-5/h1-2,5H,3-4,10H2. The molecular formula is C8H9BrN2O2. The molecule has 0 amide bonds. The zero-order chi connectivity index (χ0) is 9.26. The molecule has 1 saturated heterocycles. The molecule has 0 aromatic carbocycles. The molecule has 2 heterocycles. The molecule has 70 valence electrons. The summed E-state index contributed by atoms with van der Waals surface area (Å²) in [5, 5.41) is 0. The van der Waals surface area contributed by atoms with Gasteiger partial charge in [0.15, 0.2) is 0 Å². The third-order valence-electron chi connectivity index (χ3n) is 1.74. The normalized spacial score (nSPS) is 16.7. The molecule has 4 nitrogen and oxygen atoms in total. The van der Waals surface area contributed by atoms with Crippen LogP contribution >= 0.6 is 15.9 Å². The fourth-order valence-corrected chi connectivity index (χ4v) is 1.26. The lowest BCUT2D eigenvalue weighted by Crippen LogP contribution is -2.38. The SMILES string of the molecule is Nc1ccc(Br)nc1OC1COC1. The number of ether oxygens (including phenoxy) is 2. The van der Waals surface area contributed by atoms with E-state index in [1.165, 1.54) is 0 Å². The zero-order valence-electron chi connectivity index (χ0n) is 6.87. The van der Waals surface area contributed by atoms with Crippen molar-refractivity contribution >= 4 is 21.6 Å². The summed E-state index contributed by atoms with van der Waals surface area (Å²) >= 11 is 3.25. The van der Waals surface area contributed by atoms with Gasteiger partial charge in [-0.25, -0.2) is 4.98 Å². The van der Waals surface area contributed by atoms with E-state index in [0.29, 0.717) is 24.8 Å². The molecule has 1 aromatic rings. The summed E-state index contributed by atoms with van der Waals surface area (Å²) in [6.07, 6.45) is 0.101. The number of pyridine rings is 1. The van der Waals surface area contributed by atoms with Gasteiger partial charge < -0.3 is 15.2 Å². The summed E-state index contributed by atoms with van der Waals surface area (Å²) in [5.74, 6) is 0.475. The first-order valence-corrected chi connectivity index (χ1v) is 4.71.